The summed E-state index contributed by atoms with van der Waals surface area (Å²) in [4.78, 5) is 72.9. The molecule has 1 aliphatic heterocycles. The molecule has 0 bridgehead atoms. The molecule has 1 rings (SSSR count). The predicted octanol–water partition coefficient (Wildman–Crippen LogP) is -1.13. The van der Waals surface area contributed by atoms with E-state index in [-0.39, 0.29) is 19.7 Å². The molecule has 6 amide bonds. The van der Waals surface area contributed by atoms with Crippen LogP contribution in [0.15, 0.2) is 0 Å². The smallest absolute Gasteiger partial charge is 0.416 e. The average molecular weight is 369 g/mol. The van der Waals surface area contributed by atoms with Gasteiger partial charge in [0, 0.05) is 26.7 Å². The van der Waals surface area contributed by atoms with Crippen LogP contribution in [0.2, 0.25) is 0 Å². The van der Waals surface area contributed by atoms with Gasteiger partial charge in [-0.2, -0.15) is 0 Å². The maximum atomic E-state index is 12.1. The first-order valence-electron chi connectivity index (χ1n) is 7.98. The Balaban J connectivity index is 2.67. The Morgan fingerprint density at radius 2 is 1.88 bits per heavy atom. The van der Waals surface area contributed by atoms with Crippen molar-refractivity contribution < 1.29 is 33.5 Å². The summed E-state index contributed by atoms with van der Waals surface area (Å²) in [6.45, 7) is 3.80. The average Bonchev–Trinajstić information content (AvgIpc) is 2.62. The molecule has 1 heterocycles. The highest BCUT2D eigenvalue weighted by atomic mass is 16.6. The number of urea groups is 1. The number of rotatable bonds is 6. The molecule has 1 fully saturated rings. The van der Waals surface area contributed by atoms with E-state index in [0.29, 0.717) is 16.3 Å². The monoisotopic (exact) mass is 369 g/mol. The molecular formula is C15H21N4O7. The molecule has 1 radical (unpaired) electrons. The van der Waals surface area contributed by atoms with Crippen LogP contribution in [0.25, 0.3) is 0 Å². The number of hydrogen-bond acceptors (Lipinski definition) is 7. The summed E-state index contributed by atoms with van der Waals surface area (Å²) in [5.74, 6) is -2.62. The van der Waals surface area contributed by atoms with E-state index < -0.39 is 42.3 Å². The lowest BCUT2D eigenvalue weighted by Crippen LogP contribution is -2.59. The summed E-state index contributed by atoms with van der Waals surface area (Å²) < 4.78 is 4.65. The van der Waals surface area contributed by atoms with Crippen molar-refractivity contribution in [1.82, 2.24) is 20.0 Å². The Labute approximate surface area is 150 Å². The number of carbonyl (C=O) groups is 5. The molecular weight excluding hydrogens is 348 g/mol. The van der Waals surface area contributed by atoms with Gasteiger partial charge in [0.05, 0.1) is 13.0 Å². The number of nitrogens with zero attached hydrogens (tertiary/aromatic N) is 3. The van der Waals surface area contributed by atoms with Gasteiger partial charge in [-0.3, -0.25) is 29.0 Å². The van der Waals surface area contributed by atoms with E-state index in [1.165, 1.54) is 11.2 Å². The third-order valence-corrected chi connectivity index (χ3v) is 3.67. The molecule has 0 saturated carbocycles. The SMILES string of the molecule is CCOC(=O)N(C)C(=O)CC([C]=O)NC(=O)N1CCN(CC)C(=O)C1=O. The van der Waals surface area contributed by atoms with Crippen molar-refractivity contribution in [3.8, 4) is 0 Å². The Morgan fingerprint density at radius 1 is 1.23 bits per heavy atom. The molecule has 1 atom stereocenters. The molecule has 1 aliphatic rings. The Morgan fingerprint density at radius 3 is 2.42 bits per heavy atom. The van der Waals surface area contributed by atoms with Gasteiger partial charge in [-0.05, 0) is 13.8 Å². The van der Waals surface area contributed by atoms with Gasteiger partial charge in [0.1, 0.15) is 6.04 Å². The standard InChI is InChI=1S/C15H21N4O7/c1-4-18-6-7-19(13(23)12(18)22)14(24)16-10(9-20)8-11(21)17(3)15(25)26-5-2/h10H,4-8H2,1-3H3,(H,16,24). The van der Waals surface area contributed by atoms with Gasteiger partial charge in [0.25, 0.3) is 0 Å². The highest BCUT2D eigenvalue weighted by Crippen LogP contribution is 2.06. The van der Waals surface area contributed by atoms with Crippen molar-refractivity contribution in [2.75, 3.05) is 33.3 Å². The Kier molecular flexibility index (Phi) is 7.69. The fraction of sp³-hybridized carbons (Fsp3) is 0.600. The van der Waals surface area contributed by atoms with E-state index >= 15 is 0 Å². The molecule has 11 heteroatoms. The fourth-order valence-corrected chi connectivity index (χ4v) is 2.15. The molecule has 0 aromatic carbocycles. The lowest BCUT2D eigenvalue weighted by molar-refractivity contribution is -0.153. The van der Waals surface area contributed by atoms with Crippen LogP contribution in [-0.2, 0) is 23.9 Å². The maximum absolute atomic E-state index is 12.1. The number of nitrogens with one attached hydrogen (secondary N) is 1. The lowest BCUT2D eigenvalue weighted by Gasteiger charge is -2.32. The second-order valence-electron chi connectivity index (χ2n) is 5.32. The van der Waals surface area contributed by atoms with Crippen molar-refractivity contribution in [1.29, 1.82) is 0 Å². The van der Waals surface area contributed by atoms with Crippen LogP contribution in [0.4, 0.5) is 9.59 Å². The second-order valence-corrected chi connectivity index (χ2v) is 5.32. The van der Waals surface area contributed by atoms with E-state index in [1.807, 2.05) is 0 Å². The van der Waals surface area contributed by atoms with E-state index in [4.69, 9.17) is 0 Å². The molecule has 11 nitrogen and oxygen atoms in total. The lowest BCUT2D eigenvalue weighted by atomic mass is 10.2. The zero-order chi connectivity index (χ0) is 19.9. The van der Waals surface area contributed by atoms with Gasteiger partial charge >= 0.3 is 23.9 Å². The molecule has 1 saturated heterocycles. The number of hydrogen-bond donors (Lipinski definition) is 1. The van der Waals surface area contributed by atoms with Crippen LogP contribution in [0.1, 0.15) is 20.3 Å². The van der Waals surface area contributed by atoms with Gasteiger partial charge in [-0.15, -0.1) is 0 Å². The summed E-state index contributed by atoms with van der Waals surface area (Å²) in [7, 11) is 1.16. The predicted molar refractivity (Wildman–Crippen MR) is 86.4 cm³/mol. The zero-order valence-electron chi connectivity index (χ0n) is 14.8. The minimum atomic E-state index is -1.39. The summed E-state index contributed by atoms with van der Waals surface area (Å²) in [5, 5.41) is 2.15. The molecule has 0 aromatic rings. The van der Waals surface area contributed by atoms with Crippen LogP contribution in [0.3, 0.4) is 0 Å². The van der Waals surface area contributed by atoms with E-state index in [2.05, 4.69) is 10.1 Å². The topological polar surface area (TPSA) is 133 Å². The Hall–Kier alpha value is -2.98. The summed E-state index contributed by atoms with van der Waals surface area (Å²) in [5.41, 5.74) is 0. The van der Waals surface area contributed by atoms with Crippen molar-refractivity contribution in [2.45, 2.75) is 26.3 Å². The summed E-state index contributed by atoms with van der Waals surface area (Å²) in [6, 6.07) is -2.38. The Bertz CT molecular complexity index is 607. The highest BCUT2D eigenvalue weighted by molar-refractivity contribution is 6.38. The summed E-state index contributed by atoms with van der Waals surface area (Å²) in [6.07, 6.45) is 0.00773. The maximum Gasteiger partial charge on any atom is 0.416 e. The van der Waals surface area contributed by atoms with Gasteiger partial charge in [-0.25, -0.2) is 9.59 Å². The molecule has 1 N–H and O–H groups in total. The van der Waals surface area contributed by atoms with Gasteiger partial charge in [0.2, 0.25) is 12.2 Å². The van der Waals surface area contributed by atoms with Gasteiger partial charge < -0.3 is 15.0 Å². The largest absolute Gasteiger partial charge is 0.449 e. The minimum absolute atomic E-state index is 0.0352. The molecule has 0 spiro atoms. The van der Waals surface area contributed by atoms with E-state index in [1.54, 1.807) is 13.8 Å². The number of ether oxygens (including phenoxy) is 1. The molecule has 26 heavy (non-hydrogen) atoms. The quantitative estimate of drug-likeness (QED) is 0.586. The van der Waals surface area contributed by atoms with Crippen LogP contribution in [0.5, 0.6) is 0 Å². The first-order valence-corrected chi connectivity index (χ1v) is 7.98. The van der Waals surface area contributed by atoms with Crippen molar-refractivity contribution in [3.63, 3.8) is 0 Å². The number of amides is 6. The van der Waals surface area contributed by atoms with Crippen LogP contribution >= 0.6 is 0 Å². The third-order valence-electron chi connectivity index (χ3n) is 3.67. The van der Waals surface area contributed by atoms with E-state index in [0.717, 1.165) is 7.05 Å². The number of carbonyl (C=O) groups excluding carboxylic acids is 6. The van der Waals surface area contributed by atoms with Crippen molar-refractivity contribution in [3.05, 3.63) is 0 Å². The van der Waals surface area contributed by atoms with Crippen LogP contribution < -0.4 is 5.32 Å². The minimum Gasteiger partial charge on any atom is -0.449 e. The number of likely N-dealkylation sites (N-methyl/N-ethyl adjacent to an activating group) is 1. The fourth-order valence-electron chi connectivity index (χ4n) is 2.15. The third kappa shape index (κ3) is 5.01. The number of piperazine rings is 1. The normalized spacial score (nSPS) is 15.3. The molecule has 0 aromatic heterocycles. The van der Waals surface area contributed by atoms with E-state index in [9.17, 15) is 28.8 Å². The first-order chi connectivity index (χ1) is 12.3. The van der Waals surface area contributed by atoms with Gasteiger partial charge in [-0.1, -0.05) is 0 Å². The van der Waals surface area contributed by atoms with Gasteiger partial charge in [0.15, 0.2) is 0 Å². The zero-order valence-corrected chi connectivity index (χ0v) is 14.8. The summed E-state index contributed by atoms with van der Waals surface area (Å²) >= 11 is 0. The first kappa shape index (κ1) is 21.1. The molecule has 0 aliphatic carbocycles. The van der Waals surface area contributed by atoms with Crippen LogP contribution in [-0.4, -0.2) is 90.2 Å². The number of imide groups is 2. The van der Waals surface area contributed by atoms with Crippen LogP contribution in [0, 0.1) is 0 Å². The molecule has 1 unspecified atom stereocenters. The molecule has 143 valence electrons. The second kappa shape index (κ2) is 9.49. The van der Waals surface area contributed by atoms with Crippen molar-refractivity contribution in [2.24, 2.45) is 0 Å². The highest BCUT2D eigenvalue weighted by Gasteiger charge is 2.36. The van der Waals surface area contributed by atoms with Crippen molar-refractivity contribution >= 4 is 36.1 Å².